The standard InChI is InChI=1S/C15H19N3O2/c1-18-8-7-12-13(5-2-6-14(12)18)17-15(19)16-10-11-4-3-9-20-11/h2,5-8,11H,3-4,9-10H2,1H3,(H2,16,17,19)/t11-/m0/s1. The third-order valence-electron chi connectivity index (χ3n) is 3.69. The Balaban J connectivity index is 1.64. The van der Waals surface area contributed by atoms with Crippen molar-refractivity contribution >= 4 is 22.6 Å². The molecule has 1 aromatic heterocycles. The number of fused-ring (bicyclic) bond motifs is 1. The Kier molecular flexibility index (Phi) is 3.60. The minimum absolute atomic E-state index is 0.160. The molecule has 0 spiro atoms. The maximum atomic E-state index is 11.9. The van der Waals surface area contributed by atoms with E-state index in [0.29, 0.717) is 6.54 Å². The Morgan fingerprint density at radius 1 is 1.45 bits per heavy atom. The number of carbonyl (C=O) groups is 1. The summed E-state index contributed by atoms with van der Waals surface area (Å²) in [4.78, 5) is 11.9. The van der Waals surface area contributed by atoms with Gasteiger partial charge in [0.15, 0.2) is 0 Å². The normalized spacial score (nSPS) is 18.4. The fraction of sp³-hybridized carbons (Fsp3) is 0.400. The number of amides is 2. The summed E-state index contributed by atoms with van der Waals surface area (Å²) in [5.74, 6) is 0. The third kappa shape index (κ3) is 2.63. The summed E-state index contributed by atoms with van der Waals surface area (Å²) < 4.78 is 7.51. The van der Waals surface area contributed by atoms with E-state index < -0.39 is 0 Å². The highest BCUT2D eigenvalue weighted by atomic mass is 16.5. The molecule has 5 nitrogen and oxygen atoms in total. The number of nitrogens with one attached hydrogen (secondary N) is 2. The van der Waals surface area contributed by atoms with Crippen LogP contribution in [0.15, 0.2) is 30.5 Å². The fourth-order valence-corrected chi connectivity index (χ4v) is 2.59. The van der Waals surface area contributed by atoms with Crippen LogP contribution in [0.25, 0.3) is 10.9 Å². The lowest BCUT2D eigenvalue weighted by molar-refractivity contribution is 0.112. The van der Waals surface area contributed by atoms with Crippen LogP contribution in [-0.2, 0) is 11.8 Å². The molecule has 0 saturated carbocycles. The number of benzene rings is 1. The lowest BCUT2D eigenvalue weighted by atomic mass is 10.2. The zero-order valence-electron chi connectivity index (χ0n) is 11.6. The highest BCUT2D eigenvalue weighted by Crippen LogP contribution is 2.23. The molecule has 106 valence electrons. The summed E-state index contributed by atoms with van der Waals surface area (Å²) in [6.45, 7) is 1.37. The molecule has 0 aliphatic carbocycles. The number of hydrogen-bond acceptors (Lipinski definition) is 2. The molecule has 2 aromatic rings. The van der Waals surface area contributed by atoms with E-state index in [4.69, 9.17) is 4.74 Å². The largest absolute Gasteiger partial charge is 0.376 e. The van der Waals surface area contributed by atoms with Gasteiger partial charge in [-0.2, -0.15) is 0 Å². The van der Waals surface area contributed by atoms with Crippen molar-refractivity contribution in [2.75, 3.05) is 18.5 Å². The molecule has 2 N–H and O–H groups in total. The van der Waals surface area contributed by atoms with Crippen LogP contribution in [0.5, 0.6) is 0 Å². The molecular formula is C15H19N3O2. The lowest BCUT2D eigenvalue weighted by Gasteiger charge is -2.12. The Morgan fingerprint density at radius 2 is 2.35 bits per heavy atom. The lowest BCUT2D eigenvalue weighted by Crippen LogP contribution is -2.35. The van der Waals surface area contributed by atoms with E-state index in [1.165, 1.54) is 0 Å². The maximum absolute atomic E-state index is 11.9. The van der Waals surface area contributed by atoms with E-state index in [0.717, 1.165) is 36.0 Å². The molecule has 1 aromatic carbocycles. The molecule has 1 aliphatic rings. The minimum atomic E-state index is -0.183. The Hall–Kier alpha value is -2.01. The van der Waals surface area contributed by atoms with Gasteiger partial charge >= 0.3 is 6.03 Å². The van der Waals surface area contributed by atoms with Crippen LogP contribution in [-0.4, -0.2) is 29.9 Å². The summed E-state index contributed by atoms with van der Waals surface area (Å²) in [7, 11) is 1.99. The molecule has 1 aliphatic heterocycles. The van der Waals surface area contributed by atoms with Crippen LogP contribution in [0.4, 0.5) is 10.5 Å². The molecular weight excluding hydrogens is 254 g/mol. The Bertz CT molecular complexity index is 615. The predicted molar refractivity (Wildman–Crippen MR) is 78.9 cm³/mol. The van der Waals surface area contributed by atoms with E-state index >= 15 is 0 Å². The zero-order chi connectivity index (χ0) is 13.9. The molecule has 3 rings (SSSR count). The van der Waals surface area contributed by atoms with Crippen LogP contribution in [0.2, 0.25) is 0 Å². The SMILES string of the molecule is Cn1ccc2c(NC(=O)NC[C@@H]3CCCO3)cccc21. The van der Waals surface area contributed by atoms with Gasteiger partial charge in [0, 0.05) is 37.3 Å². The van der Waals surface area contributed by atoms with Crippen molar-refractivity contribution in [1.82, 2.24) is 9.88 Å². The average Bonchev–Trinajstić information content (AvgIpc) is 3.08. The van der Waals surface area contributed by atoms with Crippen LogP contribution >= 0.6 is 0 Å². The summed E-state index contributed by atoms with van der Waals surface area (Å²) in [6, 6.07) is 7.71. The molecule has 1 atom stereocenters. The first-order valence-corrected chi connectivity index (χ1v) is 6.94. The monoisotopic (exact) mass is 273 g/mol. The molecule has 1 fully saturated rings. The number of rotatable bonds is 3. The van der Waals surface area contributed by atoms with Crippen molar-refractivity contribution in [3.63, 3.8) is 0 Å². The summed E-state index contributed by atoms with van der Waals surface area (Å²) in [5, 5.41) is 6.81. The van der Waals surface area contributed by atoms with Gasteiger partial charge < -0.3 is 19.9 Å². The zero-order valence-corrected chi connectivity index (χ0v) is 11.6. The van der Waals surface area contributed by atoms with E-state index in [1.807, 2.05) is 42.1 Å². The van der Waals surface area contributed by atoms with Crippen molar-refractivity contribution in [2.24, 2.45) is 7.05 Å². The summed E-state index contributed by atoms with van der Waals surface area (Å²) in [5.41, 5.74) is 1.93. The quantitative estimate of drug-likeness (QED) is 0.902. The first-order valence-electron chi connectivity index (χ1n) is 6.94. The van der Waals surface area contributed by atoms with E-state index in [1.54, 1.807) is 0 Å². The van der Waals surface area contributed by atoms with Crippen LogP contribution in [0, 0.1) is 0 Å². The first-order chi connectivity index (χ1) is 9.74. The number of anilines is 1. The van der Waals surface area contributed by atoms with Gasteiger partial charge in [0.2, 0.25) is 0 Å². The molecule has 2 heterocycles. The van der Waals surface area contributed by atoms with Crippen molar-refractivity contribution in [1.29, 1.82) is 0 Å². The first kappa shape index (κ1) is 13.0. The van der Waals surface area contributed by atoms with Gasteiger partial charge in [-0.25, -0.2) is 4.79 Å². The Morgan fingerprint density at radius 3 is 3.15 bits per heavy atom. The molecule has 0 bridgehead atoms. The number of hydrogen-bond donors (Lipinski definition) is 2. The Labute approximate surface area is 117 Å². The van der Waals surface area contributed by atoms with Gasteiger partial charge in [0.05, 0.1) is 11.8 Å². The fourth-order valence-electron chi connectivity index (χ4n) is 2.59. The van der Waals surface area contributed by atoms with Crippen LogP contribution in [0.1, 0.15) is 12.8 Å². The van der Waals surface area contributed by atoms with Gasteiger partial charge in [-0.3, -0.25) is 0 Å². The smallest absolute Gasteiger partial charge is 0.319 e. The summed E-state index contributed by atoms with van der Waals surface area (Å²) in [6.07, 6.45) is 4.25. The molecule has 0 radical (unpaired) electrons. The van der Waals surface area contributed by atoms with Crippen molar-refractivity contribution < 1.29 is 9.53 Å². The molecule has 1 saturated heterocycles. The van der Waals surface area contributed by atoms with Crippen molar-refractivity contribution in [2.45, 2.75) is 18.9 Å². The number of nitrogens with zero attached hydrogens (tertiary/aromatic N) is 1. The van der Waals surface area contributed by atoms with Crippen LogP contribution in [0.3, 0.4) is 0 Å². The minimum Gasteiger partial charge on any atom is -0.376 e. The maximum Gasteiger partial charge on any atom is 0.319 e. The van der Waals surface area contributed by atoms with Gasteiger partial charge in [-0.05, 0) is 31.0 Å². The van der Waals surface area contributed by atoms with Gasteiger partial charge in [0.25, 0.3) is 0 Å². The van der Waals surface area contributed by atoms with Gasteiger partial charge in [-0.1, -0.05) is 6.07 Å². The highest BCUT2D eigenvalue weighted by Gasteiger charge is 2.16. The number of carbonyl (C=O) groups excluding carboxylic acids is 1. The number of urea groups is 1. The van der Waals surface area contributed by atoms with E-state index in [-0.39, 0.29) is 12.1 Å². The number of aromatic nitrogens is 1. The van der Waals surface area contributed by atoms with E-state index in [2.05, 4.69) is 10.6 Å². The predicted octanol–water partition coefficient (Wildman–Crippen LogP) is 2.48. The number of aryl methyl sites for hydroxylation is 1. The second kappa shape index (κ2) is 5.54. The van der Waals surface area contributed by atoms with Gasteiger partial charge in [-0.15, -0.1) is 0 Å². The second-order valence-electron chi connectivity index (χ2n) is 5.14. The van der Waals surface area contributed by atoms with E-state index in [9.17, 15) is 4.79 Å². The topological polar surface area (TPSA) is 55.3 Å². The van der Waals surface area contributed by atoms with Crippen LogP contribution < -0.4 is 10.6 Å². The highest BCUT2D eigenvalue weighted by molar-refractivity contribution is 6.00. The molecule has 0 unspecified atom stereocenters. The number of ether oxygens (including phenoxy) is 1. The molecule has 5 heteroatoms. The van der Waals surface area contributed by atoms with Crippen molar-refractivity contribution in [3.05, 3.63) is 30.5 Å². The van der Waals surface area contributed by atoms with Gasteiger partial charge in [0.1, 0.15) is 0 Å². The summed E-state index contributed by atoms with van der Waals surface area (Å²) >= 11 is 0. The second-order valence-corrected chi connectivity index (χ2v) is 5.14. The average molecular weight is 273 g/mol. The third-order valence-corrected chi connectivity index (χ3v) is 3.69. The molecule has 2 amide bonds. The molecule has 20 heavy (non-hydrogen) atoms. The van der Waals surface area contributed by atoms with Crippen molar-refractivity contribution in [3.8, 4) is 0 Å².